The normalized spacial score (nSPS) is 11.4. The highest BCUT2D eigenvalue weighted by Crippen LogP contribution is 2.14. The quantitative estimate of drug-likeness (QED) is 0.661. The number of furan rings is 1. The van der Waals surface area contributed by atoms with Crippen LogP contribution in [0.15, 0.2) is 21.2 Å². The minimum atomic E-state index is -1.18. The molecule has 0 aromatic carbocycles. The first kappa shape index (κ1) is 14.1. The van der Waals surface area contributed by atoms with Crippen LogP contribution in [0.5, 0.6) is 0 Å². The van der Waals surface area contributed by atoms with Crippen molar-refractivity contribution in [1.82, 2.24) is 0 Å². The highest BCUT2D eigenvalue weighted by atomic mass is 79.9. The number of Topliss-reactive ketones (excluding diaryl/α,β-unsaturated/α-hetero) is 1. The van der Waals surface area contributed by atoms with Crippen molar-refractivity contribution in [3.63, 3.8) is 0 Å². The van der Waals surface area contributed by atoms with E-state index in [0.29, 0.717) is 4.67 Å². The van der Waals surface area contributed by atoms with E-state index in [-0.39, 0.29) is 11.5 Å². The predicted molar refractivity (Wildman–Crippen MR) is 64.2 cm³/mol. The standard InChI is InChI=1S/C11H9BrN2O4/c1-6(14)7(4-13)8(15)5-17-11(16)9-2-3-10(12)18-9/h2-3,7,14H,5H2,1H3. The SMILES string of the molecule is CC(=N)C(C#N)C(=O)COC(=O)c1ccc(Br)o1. The van der Waals surface area contributed by atoms with Gasteiger partial charge in [-0.1, -0.05) is 0 Å². The molecule has 0 aliphatic rings. The van der Waals surface area contributed by atoms with Crippen molar-refractivity contribution in [1.29, 1.82) is 10.7 Å². The van der Waals surface area contributed by atoms with Crippen molar-refractivity contribution in [3.8, 4) is 6.07 Å². The molecule has 0 fully saturated rings. The van der Waals surface area contributed by atoms with Crippen molar-refractivity contribution in [2.45, 2.75) is 6.92 Å². The highest BCUT2D eigenvalue weighted by molar-refractivity contribution is 9.10. The Morgan fingerprint density at radius 1 is 1.61 bits per heavy atom. The van der Waals surface area contributed by atoms with E-state index in [1.165, 1.54) is 19.1 Å². The van der Waals surface area contributed by atoms with E-state index in [4.69, 9.17) is 15.1 Å². The Hall–Kier alpha value is -1.94. The van der Waals surface area contributed by atoms with Crippen LogP contribution in [-0.2, 0) is 9.53 Å². The van der Waals surface area contributed by atoms with Crippen LogP contribution in [0.25, 0.3) is 0 Å². The summed E-state index contributed by atoms with van der Waals surface area (Å²) in [4.78, 5) is 22.9. The summed E-state index contributed by atoms with van der Waals surface area (Å²) in [5.74, 6) is -2.66. The fourth-order valence-corrected chi connectivity index (χ4v) is 1.43. The second-order valence-corrected chi connectivity index (χ2v) is 4.17. The third kappa shape index (κ3) is 3.53. The highest BCUT2D eigenvalue weighted by Gasteiger charge is 2.22. The number of ether oxygens (including phenoxy) is 1. The zero-order valence-corrected chi connectivity index (χ0v) is 11.0. The molecule has 7 heteroatoms. The van der Waals surface area contributed by atoms with Crippen LogP contribution in [-0.4, -0.2) is 24.1 Å². The van der Waals surface area contributed by atoms with Crippen LogP contribution in [0.4, 0.5) is 0 Å². The lowest BCUT2D eigenvalue weighted by Gasteiger charge is -2.06. The maximum Gasteiger partial charge on any atom is 0.374 e. The molecule has 0 aliphatic carbocycles. The smallest absolute Gasteiger partial charge is 0.374 e. The molecular weight excluding hydrogens is 304 g/mol. The molecule has 1 N–H and O–H groups in total. The number of nitrogens with zero attached hydrogens (tertiary/aromatic N) is 1. The molecule has 0 radical (unpaired) electrons. The topological polar surface area (TPSA) is 104 Å². The number of halogens is 1. The maximum atomic E-state index is 11.5. The number of nitrogens with one attached hydrogen (secondary N) is 1. The molecule has 6 nitrogen and oxygen atoms in total. The Balaban J connectivity index is 2.56. The lowest BCUT2D eigenvalue weighted by molar-refractivity contribution is -0.122. The average molecular weight is 313 g/mol. The predicted octanol–water partition coefficient (Wildman–Crippen LogP) is 1.95. The Bertz CT molecular complexity index is 529. The molecular formula is C11H9BrN2O4. The van der Waals surface area contributed by atoms with Gasteiger partial charge in [-0.05, 0) is 35.0 Å². The van der Waals surface area contributed by atoms with Gasteiger partial charge >= 0.3 is 5.97 Å². The second kappa shape index (κ2) is 6.12. The first-order chi connectivity index (χ1) is 8.45. The molecule has 0 saturated carbocycles. The molecule has 1 aromatic heterocycles. The number of ketones is 1. The second-order valence-electron chi connectivity index (χ2n) is 3.39. The largest absolute Gasteiger partial charge is 0.452 e. The van der Waals surface area contributed by atoms with Gasteiger partial charge in [0.05, 0.1) is 6.07 Å². The Morgan fingerprint density at radius 3 is 2.72 bits per heavy atom. The van der Waals surface area contributed by atoms with Crippen LogP contribution in [0.1, 0.15) is 17.5 Å². The summed E-state index contributed by atoms with van der Waals surface area (Å²) in [6, 6.07) is 4.57. The monoisotopic (exact) mass is 312 g/mol. The summed E-state index contributed by atoms with van der Waals surface area (Å²) < 4.78 is 9.99. The van der Waals surface area contributed by atoms with E-state index < -0.39 is 24.3 Å². The summed E-state index contributed by atoms with van der Waals surface area (Å²) in [6.45, 7) is 0.781. The molecule has 0 bridgehead atoms. The van der Waals surface area contributed by atoms with Gasteiger partial charge in [0.15, 0.2) is 17.1 Å². The van der Waals surface area contributed by atoms with Crippen LogP contribution in [0.3, 0.4) is 0 Å². The van der Waals surface area contributed by atoms with Crippen LogP contribution in [0, 0.1) is 22.7 Å². The van der Waals surface area contributed by atoms with E-state index in [2.05, 4.69) is 20.7 Å². The first-order valence-electron chi connectivity index (χ1n) is 4.85. The number of rotatable bonds is 5. The molecule has 1 rings (SSSR count). The third-order valence-electron chi connectivity index (χ3n) is 2.00. The van der Waals surface area contributed by atoms with Crippen molar-refractivity contribution >= 4 is 33.4 Å². The number of nitriles is 1. The van der Waals surface area contributed by atoms with E-state index >= 15 is 0 Å². The molecule has 1 aromatic rings. The Kier molecular flexibility index (Phi) is 4.80. The number of carbonyl (C=O) groups excluding carboxylic acids is 2. The van der Waals surface area contributed by atoms with Gasteiger partial charge in [0.1, 0.15) is 5.92 Å². The van der Waals surface area contributed by atoms with Gasteiger partial charge in [0.2, 0.25) is 5.76 Å². The summed E-state index contributed by atoms with van der Waals surface area (Å²) in [5.41, 5.74) is -0.0840. The van der Waals surface area contributed by atoms with Crippen molar-refractivity contribution in [2.24, 2.45) is 5.92 Å². The summed E-state index contributed by atoms with van der Waals surface area (Å²) in [6.07, 6.45) is 0. The molecule has 0 spiro atoms. The van der Waals surface area contributed by atoms with E-state index in [0.717, 1.165) is 0 Å². The van der Waals surface area contributed by atoms with Crippen LogP contribution in [0.2, 0.25) is 0 Å². The third-order valence-corrected chi connectivity index (χ3v) is 2.43. The molecule has 0 aliphatic heterocycles. The van der Waals surface area contributed by atoms with Crippen molar-refractivity contribution in [2.75, 3.05) is 6.61 Å². The minimum Gasteiger partial charge on any atom is -0.452 e. The summed E-state index contributed by atoms with van der Waals surface area (Å²) in [5, 5.41) is 15.9. The van der Waals surface area contributed by atoms with Crippen LogP contribution < -0.4 is 0 Å². The van der Waals surface area contributed by atoms with Crippen LogP contribution >= 0.6 is 15.9 Å². The molecule has 94 valence electrons. The van der Waals surface area contributed by atoms with E-state index in [1.54, 1.807) is 6.07 Å². The van der Waals surface area contributed by atoms with Gasteiger partial charge < -0.3 is 14.6 Å². The lowest BCUT2D eigenvalue weighted by atomic mass is 10.0. The number of esters is 1. The summed E-state index contributed by atoms with van der Waals surface area (Å²) >= 11 is 3.02. The van der Waals surface area contributed by atoms with Gasteiger partial charge in [0, 0.05) is 5.71 Å². The molecule has 1 unspecified atom stereocenters. The first-order valence-corrected chi connectivity index (χ1v) is 5.65. The molecule has 0 saturated heterocycles. The van der Waals surface area contributed by atoms with E-state index in [9.17, 15) is 9.59 Å². The summed E-state index contributed by atoms with van der Waals surface area (Å²) in [7, 11) is 0. The molecule has 0 amide bonds. The maximum absolute atomic E-state index is 11.5. The van der Waals surface area contributed by atoms with E-state index in [1.807, 2.05) is 0 Å². The number of hydrogen-bond acceptors (Lipinski definition) is 6. The number of hydrogen-bond donors (Lipinski definition) is 1. The van der Waals surface area contributed by atoms with Gasteiger partial charge in [-0.25, -0.2) is 4.79 Å². The van der Waals surface area contributed by atoms with Gasteiger partial charge in [-0.3, -0.25) is 4.79 Å². The van der Waals surface area contributed by atoms with Gasteiger partial charge in [0.25, 0.3) is 0 Å². The zero-order chi connectivity index (χ0) is 13.7. The fraction of sp³-hybridized carbons (Fsp3) is 0.273. The fourth-order valence-electron chi connectivity index (χ4n) is 1.13. The van der Waals surface area contributed by atoms with Crippen molar-refractivity contribution in [3.05, 3.63) is 22.6 Å². The average Bonchev–Trinajstić information content (AvgIpc) is 2.73. The molecule has 18 heavy (non-hydrogen) atoms. The Morgan fingerprint density at radius 2 is 2.28 bits per heavy atom. The zero-order valence-electron chi connectivity index (χ0n) is 9.40. The number of carbonyl (C=O) groups is 2. The molecule has 1 atom stereocenters. The minimum absolute atomic E-state index is 0.0465. The Labute approximate surface area is 111 Å². The lowest BCUT2D eigenvalue weighted by Crippen LogP contribution is -2.25. The van der Waals surface area contributed by atoms with Gasteiger partial charge in [-0.2, -0.15) is 5.26 Å². The van der Waals surface area contributed by atoms with Gasteiger partial charge in [-0.15, -0.1) is 0 Å². The molecule has 1 heterocycles. The van der Waals surface area contributed by atoms with Crippen molar-refractivity contribution < 1.29 is 18.7 Å².